The summed E-state index contributed by atoms with van der Waals surface area (Å²) in [5.41, 5.74) is 0.288. The molecule has 13 heavy (non-hydrogen) atoms. The molecule has 0 saturated carbocycles. The van der Waals surface area contributed by atoms with Crippen molar-refractivity contribution in [3.05, 3.63) is 11.6 Å². The first-order chi connectivity index (χ1) is 6.27. The largest absolute Gasteiger partial charge is 0.501 e. The molecule has 5 heteroatoms. The molecule has 0 fully saturated rings. The maximum absolute atomic E-state index is 10.5. The number of phenolic OH excluding ortho intramolecular Hbond substituents is 1. The Morgan fingerprint density at radius 1 is 1.54 bits per heavy atom. The molecule has 1 aromatic carbocycles. The van der Waals surface area contributed by atoms with Crippen molar-refractivity contribution in [3.8, 4) is 23.0 Å². The van der Waals surface area contributed by atoms with Crippen molar-refractivity contribution in [2.24, 2.45) is 0 Å². The van der Waals surface area contributed by atoms with E-state index in [9.17, 15) is 9.90 Å². The Morgan fingerprint density at radius 3 is 2.92 bits per heavy atom. The molecule has 1 N–H and O–H groups in total. The monoisotopic (exact) mass is 182 g/mol. The van der Waals surface area contributed by atoms with Crippen molar-refractivity contribution in [2.45, 2.75) is 0 Å². The van der Waals surface area contributed by atoms with Crippen molar-refractivity contribution < 1.29 is 24.4 Å². The minimum absolute atomic E-state index is 0.0777. The summed E-state index contributed by atoms with van der Waals surface area (Å²) in [7, 11) is 1.37. The van der Waals surface area contributed by atoms with Crippen LogP contribution in [0.1, 0.15) is 10.4 Å². The predicted octanol–water partition coefficient (Wildman–Crippen LogP) is 0.899. The van der Waals surface area contributed by atoms with Crippen LogP contribution in [-0.4, -0.2) is 18.5 Å². The number of fused-ring (bicyclic) bond motifs is 3. The second-order valence-electron chi connectivity index (χ2n) is 2.46. The fourth-order valence-electron chi connectivity index (χ4n) is 1.14. The highest BCUT2D eigenvalue weighted by molar-refractivity contribution is 5.85. The molecule has 3 rings (SSSR count). The summed E-state index contributed by atoms with van der Waals surface area (Å²) in [5, 5.41) is 9.40. The van der Waals surface area contributed by atoms with Crippen molar-refractivity contribution in [2.75, 3.05) is 7.11 Å². The molecular formula is C8H6O5. The van der Waals surface area contributed by atoms with Crippen LogP contribution in [0.25, 0.3) is 0 Å². The second-order valence-corrected chi connectivity index (χ2v) is 2.46. The molecule has 0 amide bonds. The highest BCUT2D eigenvalue weighted by Gasteiger charge is 2.27. The molecule has 0 unspecified atom stereocenters. The highest BCUT2D eigenvalue weighted by Crippen LogP contribution is 2.49. The van der Waals surface area contributed by atoms with Gasteiger partial charge in [-0.3, -0.25) is 14.6 Å². The van der Waals surface area contributed by atoms with E-state index >= 15 is 0 Å². The third-order valence-electron chi connectivity index (χ3n) is 1.75. The quantitative estimate of drug-likeness (QED) is 0.543. The molecule has 0 spiro atoms. The zero-order valence-electron chi connectivity index (χ0n) is 6.73. The van der Waals surface area contributed by atoms with Crippen LogP contribution in [0.5, 0.6) is 23.0 Å². The van der Waals surface area contributed by atoms with Gasteiger partial charge in [-0.25, -0.2) is 0 Å². The average molecular weight is 182 g/mol. The SMILES string of the molecule is COc1c(O)c2cc(C=O)c1OO2. The lowest BCUT2D eigenvalue weighted by Gasteiger charge is -2.19. The van der Waals surface area contributed by atoms with E-state index in [1.54, 1.807) is 0 Å². The summed E-state index contributed by atoms with van der Waals surface area (Å²) in [6, 6.07) is 1.38. The molecular weight excluding hydrogens is 176 g/mol. The maximum Gasteiger partial charge on any atom is 0.235 e. The van der Waals surface area contributed by atoms with Crippen LogP contribution >= 0.6 is 0 Å². The molecule has 2 bridgehead atoms. The molecule has 68 valence electrons. The third kappa shape index (κ3) is 0.900. The number of ether oxygens (including phenoxy) is 1. The van der Waals surface area contributed by atoms with Gasteiger partial charge in [-0.15, -0.1) is 0 Å². The molecule has 0 atom stereocenters. The lowest BCUT2D eigenvalue weighted by molar-refractivity contribution is -0.112. The van der Waals surface area contributed by atoms with Crippen LogP contribution < -0.4 is 14.5 Å². The summed E-state index contributed by atoms with van der Waals surface area (Å²) in [4.78, 5) is 19.8. The smallest absolute Gasteiger partial charge is 0.235 e. The van der Waals surface area contributed by atoms with Gasteiger partial charge in [-0.1, -0.05) is 0 Å². The Kier molecular flexibility index (Phi) is 1.51. The first-order valence-electron chi connectivity index (χ1n) is 3.51. The highest BCUT2D eigenvalue weighted by atomic mass is 17.2. The number of aldehydes is 1. The number of methoxy groups -OCH3 is 1. The van der Waals surface area contributed by atoms with E-state index < -0.39 is 0 Å². The third-order valence-corrected chi connectivity index (χ3v) is 1.75. The van der Waals surface area contributed by atoms with E-state index in [-0.39, 0.29) is 28.6 Å². The van der Waals surface area contributed by atoms with E-state index in [1.165, 1.54) is 13.2 Å². The minimum Gasteiger partial charge on any atom is -0.501 e. The van der Waals surface area contributed by atoms with E-state index in [2.05, 4.69) is 4.89 Å². The van der Waals surface area contributed by atoms with Crippen molar-refractivity contribution in [1.82, 2.24) is 0 Å². The van der Waals surface area contributed by atoms with Crippen molar-refractivity contribution >= 4 is 6.29 Å². The second kappa shape index (κ2) is 2.55. The molecule has 2 aliphatic heterocycles. The van der Waals surface area contributed by atoms with Gasteiger partial charge in [0.05, 0.1) is 12.7 Å². The number of rotatable bonds is 2. The first kappa shape index (κ1) is 7.72. The minimum atomic E-state index is -0.158. The Morgan fingerprint density at radius 2 is 2.31 bits per heavy atom. The molecule has 0 aliphatic carbocycles. The van der Waals surface area contributed by atoms with Gasteiger partial charge >= 0.3 is 0 Å². The van der Waals surface area contributed by atoms with Crippen LogP contribution in [0, 0.1) is 0 Å². The number of aromatic hydroxyl groups is 1. The van der Waals surface area contributed by atoms with Gasteiger partial charge < -0.3 is 9.84 Å². The fraction of sp³-hybridized carbons (Fsp3) is 0.125. The average Bonchev–Trinajstić information content (AvgIpc) is 2.19. The first-order valence-corrected chi connectivity index (χ1v) is 3.51. The fourth-order valence-corrected chi connectivity index (χ4v) is 1.14. The van der Waals surface area contributed by atoms with Crippen LogP contribution in [-0.2, 0) is 0 Å². The van der Waals surface area contributed by atoms with Gasteiger partial charge in [-0.05, 0) is 0 Å². The summed E-state index contributed by atoms with van der Waals surface area (Å²) >= 11 is 0. The molecule has 0 aromatic heterocycles. The van der Waals surface area contributed by atoms with E-state index in [4.69, 9.17) is 9.62 Å². The van der Waals surface area contributed by atoms with Crippen LogP contribution in [0.2, 0.25) is 0 Å². The normalized spacial score (nSPS) is 11.8. The van der Waals surface area contributed by atoms with Crippen molar-refractivity contribution in [3.63, 3.8) is 0 Å². The number of hydrogen-bond acceptors (Lipinski definition) is 5. The van der Waals surface area contributed by atoms with Crippen LogP contribution in [0.4, 0.5) is 0 Å². The Labute approximate surface area is 73.4 Å². The standard InChI is InChI=1S/C8H6O5/c1-11-8-6(10)5-2-4(3-9)7(8)13-12-5/h2-3,10H,1H3. The van der Waals surface area contributed by atoms with E-state index in [1.807, 2.05) is 0 Å². The number of phenols is 1. The van der Waals surface area contributed by atoms with Crippen LogP contribution in [0.3, 0.4) is 0 Å². The summed E-state index contributed by atoms with van der Waals surface area (Å²) in [6.45, 7) is 0. The lowest BCUT2D eigenvalue weighted by atomic mass is 10.1. The topological polar surface area (TPSA) is 65.0 Å². The summed E-state index contributed by atoms with van der Waals surface area (Å²) in [6.07, 6.45) is 0.601. The molecule has 5 nitrogen and oxygen atoms in total. The Balaban J connectivity index is 2.71. The maximum atomic E-state index is 10.5. The number of hydrogen-bond donors (Lipinski definition) is 1. The van der Waals surface area contributed by atoms with Gasteiger partial charge in [0.1, 0.15) is 0 Å². The predicted molar refractivity (Wildman–Crippen MR) is 41.3 cm³/mol. The number of carbonyl (C=O) groups excluding carboxylic acids is 1. The van der Waals surface area contributed by atoms with Crippen LogP contribution in [0.15, 0.2) is 6.07 Å². The number of carbonyl (C=O) groups is 1. The van der Waals surface area contributed by atoms with E-state index in [0.717, 1.165) is 0 Å². The van der Waals surface area contributed by atoms with Crippen molar-refractivity contribution in [1.29, 1.82) is 0 Å². The van der Waals surface area contributed by atoms with E-state index in [0.29, 0.717) is 6.29 Å². The summed E-state index contributed by atoms with van der Waals surface area (Å²) in [5.74, 6) is 0.138. The Bertz CT molecular complexity index is 371. The zero-order valence-corrected chi connectivity index (χ0v) is 6.73. The zero-order chi connectivity index (χ0) is 9.42. The van der Waals surface area contributed by atoms with Gasteiger partial charge in [-0.2, -0.15) is 0 Å². The van der Waals surface area contributed by atoms with Gasteiger partial charge in [0.15, 0.2) is 6.29 Å². The van der Waals surface area contributed by atoms with Gasteiger partial charge in [0.25, 0.3) is 0 Å². The molecule has 2 aliphatic rings. The molecule has 1 aromatic rings. The number of benzene rings is 1. The van der Waals surface area contributed by atoms with Gasteiger partial charge in [0, 0.05) is 6.07 Å². The molecule has 0 saturated heterocycles. The lowest BCUT2D eigenvalue weighted by Crippen LogP contribution is -2.11. The molecule has 2 heterocycles. The Hall–Kier alpha value is -1.91. The van der Waals surface area contributed by atoms with Gasteiger partial charge in [0.2, 0.25) is 23.0 Å². The molecule has 0 radical (unpaired) electrons. The summed E-state index contributed by atoms with van der Waals surface area (Å²) < 4.78 is 4.84.